The molecule has 2 N–H and O–H groups in total. The third kappa shape index (κ3) is 7.29. The first kappa shape index (κ1) is 34.0. The van der Waals surface area contributed by atoms with E-state index in [1.807, 2.05) is 26.8 Å². The minimum Gasteiger partial charge on any atom is -0.392 e. The van der Waals surface area contributed by atoms with E-state index >= 15 is 0 Å². The molecule has 1 fully saturated rings. The lowest BCUT2D eigenvalue weighted by molar-refractivity contribution is -0.107. The Labute approximate surface area is 276 Å². The molecule has 14 heteroatoms. The summed E-state index contributed by atoms with van der Waals surface area (Å²) in [4.78, 5) is 48.4. The number of pyridine rings is 2. The fourth-order valence-corrected chi connectivity index (χ4v) is 5.11. The highest BCUT2D eigenvalue weighted by atomic mass is 19.1. The second-order valence-corrected chi connectivity index (χ2v) is 12.3. The van der Waals surface area contributed by atoms with E-state index in [0.29, 0.717) is 60.8 Å². The Morgan fingerprint density at radius 3 is 2.56 bits per heavy atom. The molecule has 4 aromatic rings. The second kappa shape index (κ2) is 14.2. The quantitative estimate of drug-likeness (QED) is 0.156. The van der Waals surface area contributed by atoms with E-state index in [4.69, 9.17) is 4.74 Å². The molecule has 3 aromatic heterocycles. The Bertz CT molecular complexity index is 1910. The van der Waals surface area contributed by atoms with Crippen LogP contribution in [-0.2, 0) is 28.6 Å². The van der Waals surface area contributed by atoms with Crippen LogP contribution < -0.4 is 15.9 Å². The number of rotatable bonds is 9. The molecule has 0 saturated carbocycles. The summed E-state index contributed by atoms with van der Waals surface area (Å²) < 4.78 is 21.2. The lowest BCUT2D eigenvalue weighted by atomic mass is 9.85. The first-order chi connectivity index (χ1) is 22.9. The number of hydrazone groups is 1. The fraction of sp³-hybridized carbons (Fsp3) is 0.324. The number of benzene rings is 1. The SMILES string of the molecule is Cc1c(F)cc(C(C)(C)C)cc1/C=N\N(C=O)c1nccc(-c2cc(Nc3ccc(C(=O)N4CCOCC4)cn3)c(=O)n(C)n2)c1CO. The van der Waals surface area contributed by atoms with Crippen LogP contribution in [0.3, 0.4) is 0 Å². The van der Waals surface area contributed by atoms with Crippen LogP contribution in [0.4, 0.5) is 21.7 Å². The van der Waals surface area contributed by atoms with Gasteiger partial charge in [-0.05, 0) is 59.9 Å². The number of aromatic nitrogens is 4. The minimum absolute atomic E-state index is 0.0266. The summed E-state index contributed by atoms with van der Waals surface area (Å²) in [5, 5.41) is 23.0. The number of ether oxygens (including phenoxy) is 1. The third-order valence-electron chi connectivity index (χ3n) is 7.99. The van der Waals surface area contributed by atoms with Crippen molar-refractivity contribution in [2.45, 2.75) is 39.7 Å². The number of hydrogen-bond donors (Lipinski definition) is 2. The number of nitrogens with one attached hydrogen (secondary N) is 1. The highest BCUT2D eigenvalue weighted by Gasteiger charge is 2.22. The Balaban J connectivity index is 1.45. The van der Waals surface area contributed by atoms with Gasteiger partial charge in [0.05, 0.1) is 37.3 Å². The molecule has 0 unspecified atom stereocenters. The predicted molar refractivity (Wildman–Crippen MR) is 179 cm³/mol. The Morgan fingerprint density at radius 1 is 1.17 bits per heavy atom. The molecule has 0 aliphatic carbocycles. The van der Waals surface area contributed by atoms with Crippen LogP contribution in [0.1, 0.15) is 53.4 Å². The summed E-state index contributed by atoms with van der Waals surface area (Å²) in [5.74, 6) is -0.197. The molecule has 250 valence electrons. The lowest BCUT2D eigenvalue weighted by Crippen LogP contribution is -2.40. The van der Waals surface area contributed by atoms with Crippen LogP contribution in [0.2, 0.25) is 0 Å². The van der Waals surface area contributed by atoms with Crippen LogP contribution in [0.25, 0.3) is 11.3 Å². The topological polar surface area (TPSA) is 155 Å². The molecule has 2 amide bonds. The number of carbonyl (C=O) groups excluding carboxylic acids is 2. The summed E-state index contributed by atoms with van der Waals surface area (Å²) in [6.45, 7) is 8.96. The maximum atomic E-state index is 14.8. The van der Waals surface area contributed by atoms with Crippen LogP contribution >= 0.6 is 0 Å². The van der Waals surface area contributed by atoms with Gasteiger partial charge in [-0.2, -0.15) is 15.2 Å². The normalized spacial score (nSPS) is 13.5. The Morgan fingerprint density at radius 2 is 1.92 bits per heavy atom. The van der Waals surface area contributed by atoms with E-state index in [2.05, 4.69) is 25.5 Å². The number of carbonyl (C=O) groups is 2. The molecule has 13 nitrogen and oxygen atoms in total. The van der Waals surface area contributed by atoms with Gasteiger partial charge in [-0.15, -0.1) is 0 Å². The van der Waals surface area contributed by atoms with Crippen molar-refractivity contribution in [2.75, 3.05) is 36.6 Å². The number of aryl methyl sites for hydroxylation is 1. The van der Waals surface area contributed by atoms with Crippen molar-refractivity contribution in [3.8, 4) is 11.3 Å². The van der Waals surface area contributed by atoms with Gasteiger partial charge in [0, 0.05) is 49.2 Å². The van der Waals surface area contributed by atoms with Gasteiger partial charge in [-0.3, -0.25) is 14.4 Å². The molecule has 1 aromatic carbocycles. The number of halogens is 1. The maximum Gasteiger partial charge on any atom is 0.290 e. The highest BCUT2D eigenvalue weighted by Crippen LogP contribution is 2.30. The zero-order valence-corrected chi connectivity index (χ0v) is 27.4. The van der Waals surface area contributed by atoms with Gasteiger partial charge in [-0.25, -0.2) is 19.0 Å². The van der Waals surface area contributed by atoms with Crippen molar-refractivity contribution in [2.24, 2.45) is 12.1 Å². The smallest absolute Gasteiger partial charge is 0.290 e. The Hall–Kier alpha value is -5.34. The van der Waals surface area contributed by atoms with E-state index in [-0.39, 0.29) is 34.1 Å². The average molecular weight is 657 g/mol. The summed E-state index contributed by atoms with van der Waals surface area (Å²) in [5.41, 5.74) is 2.27. The molecule has 4 heterocycles. The van der Waals surface area contributed by atoms with Crippen LogP contribution in [0.5, 0.6) is 0 Å². The van der Waals surface area contributed by atoms with Gasteiger partial charge in [0.1, 0.15) is 17.3 Å². The van der Waals surface area contributed by atoms with Crippen molar-refractivity contribution >= 4 is 35.9 Å². The number of hydrogen-bond acceptors (Lipinski definition) is 10. The summed E-state index contributed by atoms with van der Waals surface area (Å²) in [7, 11) is 1.48. The molecule has 0 atom stereocenters. The lowest BCUT2D eigenvalue weighted by Gasteiger charge is -2.26. The fourth-order valence-electron chi connectivity index (χ4n) is 5.11. The number of aliphatic hydroxyl groups is 1. The summed E-state index contributed by atoms with van der Waals surface area (Å²) in [6, 6.07) is 9.61. The number of nitrogens with zero attached hydrogens (tertiary/aromatic N) is 7. The molecule has 48 heavy (non-hydrogen) atoms. The van der Waals surface area contributed by atoms with Gasteiger partial charge < -0.3 is 20.1 Å². The van der Waals surface area contributed by atoms with Gasteiger partial charge >= 0.3 is 0 Å². The summed E-state index contributed by atoms with van der Waals surface area (Å²) >= 11 is 0. The molecule has 5 rings (SSSR count). The molecular formula is C34H37FN8O5. The van der Waals surface area contributed by atoms with Gasteiger partial charge in [0.25, 0.3) is 11.5 Å². The van der Waals surface area contributed by atoms with E-state index in [1.54, 1.807) is 30.0 Å². The molecule has 1 aliphatic heterocycles. The van der Waals surface area contributed by atoms with E-state index in [0.717, 1.165) is 15.3 Å². The van der Waals surface area contributed by atoms with Gasteiger partial charge in [0.2, 0.25) is 6.41 Å². The number of morpholine rings is 1. The number of anilines is 3. The second-order valence-electron chi connectivity index (χ2n) is 12.3. The van der Waals surface area contributed by atoms with Gasteiger partial charge in [0.15, 0.2) is 5.82 Å². The van der Waals surface area contributed by atoms with Crippen molar-refractivity contribution in [3.05, 3.63) is 92.8 Å². The molecule has 1 aliphatic rings. The zero-order chi connectivity index (χ0) is 34.6. The average Bonchev–Trinajstić information content (AvgIpc) is 3.08. The molecule has 0 radical (unpaired) electrons. The van der Waals surface area contributed by atoms with E-state index < -0.39 is 18.0 Å². The minimum atomic E-state index is -0.543. The molecule has 0 bridgehead atoms. The van der Waals surface area contributed by atoms with E-state index in [9.17, 15) is 23.9 Å². The maximum absolute atomic E-state index is 14.8. The highest BCUT2D eigenvalue weighted by molar-refractivity contribution is 5.94. The van der Waals surface area contributed by atoms with Crippen molar-refractivity contribution in [3.63, 3.8) is 0 Å². The predicted octanol–water partition coefficient (Wildman–Crippen LogP) is 3.69. The Kier molecular flexibility index (Phi) is 10.1. The summed E-state index contributed by atoms with van der Waals surface area (Å²) in [6.07, 6.45) is 4.67. The molecule has 0 spiro atoms. The van der Waals surface area contributed by atoms with Gasteiger partial charge in [-0.1, -0.05) is 20.8 Å². The third-order valence-corrected chi connectivity index (χ3v) is 7.99. The van der Waals surface area contributed by atoms with Crippen molar-refractivity contribution < 1.29 is 23.8 Å². The first-order valence-corrected chi connectivity index (χ1v) is 15.3. The van der Waals surface area contributed by atoms with E-state index in [1.165, 1.54) is 37.8 Å². The van der Waals surface area contributed by atoms with Crippen molar-refractivity contribution in [1.82, 2.24) is 24.6 Å². The standard InChI is InChI=1S/C34H37FN8O5/c1-21-23(14-24(15-27(21)35)34(2,3)4)18-38-43(20-45)31-26(19-44)25(8-9-36-31)28-16-29(33(47)41(5)40-28)39-30-7-6-22(17-37-30)32(46)42-10-12-48-13-11-42/h6-9,14-18,20,44H,10-13,19H2,1-5H3,(H,37,39)/b38-18-. The monoisotopic (exact) mass is 656 g/mol. The zero-order valence-electron chi connectivity index (χ0n) is 27.4. The van der Waals surface area contributed by atoms with Crippen LogP contribution in [-0.4, -0.2) is 74.6 Å². The number of aliphatic hydroxyl groups excluding tert-OH is 1. The first-order valence-electron chi connectivity index (χ1n) is 15.3. The van der Waals surface area contributed by atoms with Crippen LogP contribution in [0.15, 0.2) is 58.7 Å². The van der Waals surface area contributed by atoms with Crippen molar-refractivity contribution in [1.29, 1.82) is 0 Å². The largest absolute Gasteiger partial charge is 0.392 e. The van der Waals surface area contributed by atoms with Crippen LogP contribution in [0, 0.1) is 12.7 Å². The number of amides is 2. The molecule has 1 saturated heterocycles. The molecular weight excluding hydrogens is 619 g/mol.